The molecule has 46 heavy (non-hydrogen) atoms. The van der Waals surface area contributed by atoms with Gasteiger partial charge in [-0.25, -0.2) is 13.6 Å². The first-order valence-corrected chi connectivity index (χ1v) is 15.6. The summed E-state index contributed by atoms with van der Waals surface area (Å²) in [6, 6.07) is 6.76. The standard InChI is InChI=1S/C34H48F2N4O6/c1-8-12-40(13-9-2)32(44)25-15-22(3)14-24(19-25)31(43)38-28(18-23-16-26(35)20-27(36)17-23)29(41)10-11-37-30(42)21-39(7)33(45)46-34(4,5)6/h14-17,19-20,28-29,41H,8-13,18,21H2,1-7H3,(H,37,42)(H,38,43)/t28-,29+/m0/s1. The highest BCUT2D eigenvalue weighted by Gasteiger charge is 2.25. The minimum atomic E-state index is -1.24. The molecular weight excluding hydrogens is 598 g/mol. The minimum Gasteiger partial charge on any atom is -0.444 e. The van der Waals surface area contributed by atoms with Crippen LogP contribution in [0, 0.1) is 18.6 Å². The molecule has 4 amide bonds. The lowest BCUT2D eigenvalue weighted by Crippen LogP contribution is -2.46. The van der Waals surface area contributed by atoms with Gasteiger partial charge in [0.05, 0.1) is 12.1 Å². The van der Waals surface area contributed by atoms with E-state index in [0.717, 1.165) is 35.9 Å². The van der Waals surface area contributed by atoms with Crippen molar-refractivity contribution in [2.45, 2.75) is 85.0 Å². The Morgan fingerprint density at radius 3 is 2.09 bits per heavy atom. The molecule has 0 unspecified atom stereocenters. The number of aryl methyl sites for hydroxylation is 1. The van der Waals surface area contributed by atoms with Gasteiger partial charge in [0.15, 0.2) is 0 Å². The van der Waals surface area contributed by atoms with E-state index >= 15 is 0 Å². The van der Waals surface area contributed by atoms with E-state index in [2.05, 4.69) is 10.6 Å². The maximum absolute atomic E-state index is 14.0. The Morgan fingerprint density at radius 1 is 0.935 bits per heavy atom. The SMILES string of the molecule is CCCN(CCC)C(=O)c1cc(C)cc(C(=O)N[C@@H](Cc2cc(F)cc(F)c2)[C@H](O)CCNC(=O)CN(C)C(=O)OC(C)(C)C)c1. The molecule has 0 aliphatic rings. The summed E-state index contributed by atoms with van der Waals surface area (Å²) in [5, 5.41) is 16.5. The van der Waals surface area contributed by atoms with E-state index in [0.29, 0.717) is 24.2 Å². The Morgan fingerprint density at radius 2 is 1.52 bits per heavy atom. The Labute approximate surface area is 270 Å². The van der Waals surface area contributed by atoms with Gasteiger partial charge in [-0.1, -0.05) is 13.8 Å². The first-order chi connectivity index (χ1) is 21.5. The van der Waals surface area contributed by atoms with Crippen LogP contribution >= 0.6 is 0 Å². The molecule has 2 rings (SSSR count). The van der Waals surface area contributed by atoms with E-state index in [-0.39, 0.29) is 43.0 Å². The maximum Gasteiger partial charge on any atom is 0.410 e. The van der Waals surface area contributed by atoms with Gasteiger partial charge in [-0.15, -0.1) is 0 Å². The largest absolute Gasteiger partial charge is 0.444 e. The van der Waals surface area contributed by atoms with Crippen LogP contribution in [0.3, 0.4) is 0 Å². The number of hydrogen-bond acceptors (Lipinski definition) is 6. The molecule has 0 spiro atoms. The Hall–Kier alpha value is -4.06. The van der Waals surface area contributed by atoms with E-state index < -0.39 is 47.3 Å². The Kier molecular flexibility index (Phi) is 14.6. The number of aliphatic hydroxyl groups excluding tert-OH is 1. The maximum atomic E-state index is 14.0. The highest BCUT2D eigenvalue weighted by Crippen LogP contribution is 2.17. The van der Waals surface area contributed by atoms with Gasteiger partial charge >= 0.3 is 6.09 Å². The van der Waals surface area contributed by atoms with Crippen molar-refractivity contribution in [1.29, 1.82) is 0 Å². The molecule has 254 valence electrons. The number of carbonyl (C=O) groups is 4. The third kappa shape index (κ3) is 12.7. The molecule has 3 N–H and O–H groups in total. The minimum absolute atomic E-state index is 0.0141. The van der Waals surface area contributed by atoms with Gasteiger partial charge in [-0.2, -0.15) is 0 Å². The number of benzene rings is 2. The first-order valence-electron chi connectivity index (χ1n) is 15.6. The molecule has 0 aliphatic heterocycles. The number of halogens is 2. The van der Waals surface area contributed by atoms with Crippen LogP contribution in [0.2, 0.25) is 0 Å². The second-order valence-corrected chi connectivity index (χ2v) is 12.5. The summed E-state index contributed by atoms with van der Waals surface area (Å²) in [5.41, 5.74) is 0.718. The number of aliphatic hydroxyl groups is 1. The van der Waals surface area contributed by atoms with Crippen molar-refractivity contribution in [3.8, 4) is 0 Å². The van der Waals surface area contributed by atoms with Crippen LogP contribution in [0.25, 0.3) is 0 Å². The quantitative estimate of drug-likeness (QED) is 0.259. The average Bonchev–Trinajstić information content (AvgIpc) is 2.94. The number of likely N-dealkylation sites (N-methyl/N-ethyl adjacent to an activating group) is 1. The average molecular weight is 647 g/mol. The van der Waals surface area contributed by atoms with Crippen LogP contribution in [0.5, 0.6) is 0 Å². The third-order valence-electron chi connectivity index (χ3n) is 6.87. The van der Waals surface area contributed by atoms with Gasteiger partial charge < -0.3 is 30.3 Å². The molecule has 0 radical (unpaired) electrons. The molecule has 0 heterocycles. The zero-order valence-corrected chi connectivity index (χ0v) is 27.9. The third-order valence-corrected chi connectivity index (χ3v) is 6.87. The van der Waals surface area contributed by atoms with Crippen molar-refractivity contribution in [2.75, 3.05) is 33.2 Å². The number of nitrogens with one attached hydrogen (secondary N) is 2. The molecule has 0 fully saturated rings. The molecule has 2 aromatic rings. The van der Waals surface area contributed by atoms with Crippen LogP contribution in [0.15, 0.2) is 36.4 Å². The summed E-state index contributed by atoms with van der Waals surface area (Å²) in [6.07, 6.45) is -0.481. The van der Waals surface area contributed by atoms with Gasteiger partial charge in [0.2, 0.25) is 5.91 Å². The van der Waals surface area contributed by atoms with Crippen LogP contribution in [-0.2, 0) is 16.0 Å². The van der Waals surface area contributed by atoms with Crippen molar-refractivity contribution >= 4 is 23.8 Å². The highest BCUT2D eigenvalue weighted by atomic mass is 19.1. The molecule has 10 nitrogen and oxygen atoms in total. The van der Waals surface area contributed by atoms with E-state index in [1.807, 2.05) is 13.8 Å². The summed E-state index contributed by atoms with van der Waals surface area (Å²) in [7, 11) is 1.42. The second-order valence-electron chi connectivity index (χ2n) is 12.5. The molecule has 2 atom stereocenters. The monoisotopic (exact) mass is 646 g/mol. The highest BCUT2D eigenvalue weighted by molar-refractivity contribution is 6.00. The predicted octanol–water partition coefficient (Wildman–Crippen LogP) is 4.61. The fourth-order valence-electron chi connectivity index (χ4n) is 4.83. The lowest BCUT2D eigenvalue weighted by Gasteiger charge is -2.26. The van der Waals surface area contributed by atoms with Gasteiger partial charge in [-0.3, -0.25) is 14.4 Å². The topological polar surface area (TPSA) is 128 Å². The van der Waals surface area contributed by atoms with Gasteiger partial charge in [0, 0.05) is 43.9 Å². The Balaban J connectivity index is 2.20. The van der Waals surface area contributed by atoms with Gasteiger partial charge in [0.1, 0.15) is 23.8 Å². The molecule has 0 saturated carbocycles. The van der Waals surface area contributed by atoms with Crippen molar-refractivity contribution < 1.29 is 37.8 Å². The first kappa shape index (κ1) is 38.1. The summed E-state index contributed by atoms with van der Waals surface area (Å²) in [6.45, 7) is 11.7. The predicted molar refractivity (Wildman–Crippen MR) is 171 cm³/mol. The number of amides is 4. The number of ether oxygens (including phenoxy) is 1. The summed E-state index contributed by atoms with van der Waals surface area (Å²) in [4.78, 5) is 54.2. The zero-order valence-electron chi connectivity index (χ0n) is 27.9. The summed E-state index contributed by atoms with van der Waals surface area (Å²) >= 11 is 0. The smallest absolute Gasteiger partial charge is 0.410 e. The van der Waals surface area contributed by atoms with Crippen molar-refractivity contribution in [2.24, 2.45) is 0 Å². The van der Waals surface area contributed by atoms with Crippen LogP contribution in [0.1, 0.15) is 85.7 Å². The fourth-order valence-corrected chi connectivity index (χ4v) is 4.83. The van der Waals surface area contributed by atoms with Crippen molar-refractivity contribution in [1.82, 2.24) is 20.4 Å². The number of nitrogens with zero attached hydrogens (tertiary/aromatic N) is 2. The van der Waals surface area contributed by atoms with E-state index in [9.17, 15) is 33.1 Å². The van der Waals surface area contributed by atoms with Crippen LogP contribution < -0.4 is 10.6 Å². The number of hydrogen-bond donors (Lipinski definition) is 3. The van der Waals surface area contributed by atoms with Crippen molar-refractivity contribution in [3.63, 3.8) is 0 Å². The summed E-state index contributed by atoms with van der Waals surface area (Å²) < 4.78 is 33.2. The van der Waals surface area contributed by atoms with Crippen LogP contribution in [0.4, 0.5) is 13.6 Å². The normalized spacial score (nSPS) is 12.6. The molecule has 12 heteroatoms. The molecule has 2 aromatic carbocycles. The fraction of sp³-hybridized carbons (Fsp3) is 0.529. The molecule has 0 bridgehead atoms. The van der Waals surface area contributed by atoms with E-state index in [1.54, 1.807) is 44.7 Å². The van der Waals surface area contributed by atoms with Gasteiger partial charge in [-0.05, 0) is 94.8 Å². The molecule has 0 aromatic heterocycles. The van der Waals surface area contributed by atoms with E-state index in [1.165, 1.54) is 13.1 Å². The number of carbonyl (C=O) groups excluding carboxylic acids is 4. The van der Waals surface area contributed by atoms with Crippen molar-refractivity contribution in [3.05, 3.63) is 70.3 Å². The van der Waals surface area contributed by atoms with E-state index in [4.69, 9.17) is 4.74 Å². The van der Waals surface area contributed by atoms with Crippen LogP contribution in [-0.4, -0.2) is 89.7 Å². The lowest BCUT2D eigenvalue weighted by molar-refractivity contribution is -0.122. The zero-order chi connectivity index (χ0) is 34.6. The molecular formula is C34H48F2N4O6. The second kappa shape index (κ2) is 17.6. The summed E-state index contributed by atoms with van der Waals surface area (Å²) in [5.74, 6) is -2.88. The van der Waals surface area contributed by atoms with Gasteiger partial charge in [0.25, 0.3) is 11.8 Å². The molecule has 0 aliphatic carbocycles. The number of rotatable bonds is 15. The Bertz CT molecular complexity index is 1340. The molecule has 0 saturated heterocycles. The lowest BCUT2D eigenvalue weighted by atomic mass is 9.97.